The lowest BCUT2D eigenvalue weighted by molar-refractivity contribution is -0.0899. The van der Waals surface area contributed by atoms with Gasteiger partial charge in [0, 0.05) is 20.8 Å². The Labute approximate surface area is 106 Å². The zero-order valence-electron chi connectivity index (χ0n) is 11.9. The molecule has 3 atom stereocenters. The zero-order valence-corrected chi connectivity index (χ0v) is 11.9. The second-order valence-electron chi connectivity index (χ2n) is 4.27. The first kappa shape index (κ1) is 16.2. The Morgan fingerprint density at radius 3 is 2.06 bits per heavy atom. The minimum atomic E-state index is -0.153. The van der Waals surface area contributed by atoms with Crippen molar-refractivity contribution in [3.63, 3.8) is 0 Å². The lowest BCUT2D eigenvalue weighted by atomic mass is 9.86. The van der Waals surface area contributed by atoms with E-state index in [1.807, 2.05) is 6.20 Å². The van der Waals surface area contributed by atoms with Crippen LogP contribution in [-0.4, -0.2) is 43.4 Å². The van der Waals surface area contributed by atoms with Gasteiger partial charge in [-0.3, -0.25) is 0 Å². The molecule has 0 fully saturated rings. The molecule has 0 bridgehead atoms. The van der Waals surface area contributed by atoms with Gasteiger partial charge in [-0.2, -0.15) is 0 Å². The van der Waals surface area contributed by atoms with Crippen molar-refractivity contribution in [1.29, 1.82) is 0 Å². The van der Waals surface area contributed by atoms with Gasteiger partial charge in [-0.05, 0) is 26.5 Å². The highest BCUT2D eigenvalue weighted by Gasteiger charge is 2.40. The molecule has 2 unspecified atom stereocenters. The van der Waals surface area contributed by atoms with Crippen molar-refractivity contribution in [2.75, 3.05) is 20.8 Å². The summed E-state index contributed by atoms with van der Waals surface area (Å²) in [4.78, 5) is 2.19. The minimum absolute atomic E-state index is 0.0760. The summed E-state index contributed by atoms with van der Waals surface area (Å²) in [5.74, 6) is 0. The molecule has 0 aromatic carbocycles. The monoisotopic (exact) mass is 241 g/mol. The number of hydrogen-bond acceptors (Lipinski definition) is 3. The summed E-state index contributed by atoms with van der Waals surface area (Å²) in [5, 5.41) is 0. The van der Waals surface area contributed by atoms with Crippen LogP contribution < -0.4 is 0 Å². The molecule has 0 saturated carbocycles. The fourth-order valence-electron chi connectivity index (χ4n) is 2.35. The van der Waals surface area contributed by atoms with Crippen LogP contribution in [0.15, 0.2) is 25.4 Å². The van der Waals surface area contributed by atoms with Gasteiger partial charge in [-0.25, -0.2) is 0 Å². The molecule has 0 aromatic rings. The van der Waals surface area contributed by atoms with E-state index in [9.17, 15) is 0 Å². The molecule has 0 aliphatic rings. The molecule has 3 nitrogen and oxygen atoms in total. The molecule has 0 aromatic heterocycles. The van der Waals surface area contributed by atoms with Gasteiger partial charge in [-0.1, -0.05) is 19.6 Å². The van der Waals surface area contributed by atoms with Crippen molar-refractivity contribution in [2.45, 2.75) is 44.9 Å². The number of likely N-dealkylation sites (N-methyl/N-ethyl adjacent to an activating group) is 1. The molecular weight excluding hydrogens is 214 g/mol. The summed E-state index contributed by atoms with van der Waals surface area (Å²) in [6, 6.07) is 0. The SMILES string of the molecule is C=CC(OC)[C@@H](OC)C(C)(CC)N(C=C)CC. The van der Waals surface area contributed by atoms with Crippen LogP contribution in [-0.2, 0) is 9.47 Å². The topological polar surface area (TPSA) is 21.7 Å². The van der Waals surface area contributed by atoms with Gasteiger partial charge in [0.15, 0.2) is 0 Å². The Morgan fingerprint density at radius 1 is 1.24 bits per heavy atom. The van der Waals surface area contributed by atoms with Crippen LogP contribution in [0, 0.1) is 0 Å². The molecule has 0 spiro atoms. The van der Waals surface area contributed by atoms with Gasteiger partial charge >= 0.3 is 0 Å². The second-order valence-corrected chi connectivity index (χ2v) is 4.27. The normalized spacial score (nSPS) is 17.9. The van der Waals surface area contributed by atoms with Crippen molar-refractivity contribution in [1.82, 2.24) is 4.90 Å². The molecule has 0 amide bonds. The third-order valence-electron chi connectivity index (χ3n) is 3.60. The lowest BCUT2D eigenvalue weighted by Gasteiger charge is -2.46. The van der Waals surface area contributed by atoms with Crippen molar-refractivity contribution < 1.29 is 9.47 Å². The van der Waals surface area contributed by atoms with Gasteiger partial charge in [0.05, 0.1) is 5.54 Å². The molecular formula is C14H27NO2. The minimum Gasteiger partial charge on any atom is -0.376 e. The summed E-state index contributed by atoms with van der Waals surface area (Å²) in [6.07, 6.45) is 4.40. The van der Waals surface area contributed by atoms with E-state index in [1.54, 1.807) is 20.3 Å². The maximum Gasteiger partial charge on any atom is 0.110 e. The fourth-order valence-corrected chi connectivity index (χ4v) is 2.35. The third kappa shape index (κ3) is 3.33. The van der Waals surface area contributed by atoms with E-state index in [4.69, 9.17) is 9.47 Å². The van der Waals surface area contributed by atoms with Crippen molar-refractivity contribution in [3.8, 4) is 0 Å². The van der Waals surface area contributed by atoms with E-state index in [1.165, 1.54) is 0 Å². The molecule has 17 heavy (non-hydrogen) atoms. The first-order valence-corrected chi connectivity index (χ1v) is 6.13. The average molecular weight is 241 g/mol. The molecule has 3 heteroatoms. The summed E-state index contributed by atoms with van der Waals surface area (Å²) in [5.41, 5.74) is -0.153. The van der Waals surface area contributed by atoms with E-state index in [0.717, 1.165) is 13.0 Å². The van der Waals surface area contributed by atoms with Gasteiger partial charge in [-0.15, -0.1) is 6.58 Å². The highest BCUT2D eigenvalue weighted by molar-refractivity contribution is 5.03. The van der Waals surface area contributed by atoms with Crippen LogP contribution >= 0.6 is 0 Å². The zero-order chi connectivity index (χ0) is 13.5. The van der Waals surface area contributed by atoms with Gasteiger partial charge in [0.1, 0.15) is 12.2 Å². The van der Waals surface area contributed by atoms with Crippen LogP contribution in [0.1, 0.15) is 27.2 Å². The lowest BCUT2D eigenvalue weighted by Crippen LogP contribution is -2.57. The molecule has 0 aliphatic carbocycles. The second kappa shape index (κ2) is 7.51. The predicted molar refractivity (Wildman–Crippen MR) is 73.1 cm³/mol. The Bertz CT molecular complexity index is 242. The maximum absolute atomic E-state index is 5.65. The Balaban J connectivity index is 5.26. The highest BCUT2D eigenvalue weighted by Crippen LogP contribution is 2.29. The Morgan fingerprint density at radius 2 is 1.82 bits per heavy atom. The maximum atomic E-state index is 5.65. The number of ether oxygens (including phenoxy) is 2. The summed E-state index contributed by atoms with van der Waals surface area (Å²) in [7, 11) is 3.39. The van der Waals surface area contributed by atoms with E-state index < -0.39 is 0 Å². The standard InChI is InChI=1S/C14H27NO2/c1-8-12(16-6)13(17-7)14(5,9-2)15(10-3)11-4/h8,10,12-13H,1,3,9,11H2,2,4-7H3/t12?,13-,14?/m1/s1. The van der Waals surface area contributed by atoms with Crippen LogP contribution in [0.4, 0.5) is 0 Å². The molecule has 0 N–H and O–H groups in total. The number of rotatable bonds is 9. The van der Waals surface area contributed by atoms with Crippen LogP contribution in [0.5, 0.6) is 0 Å². The largest absolute Gasteiger partial charge is 0.376 e. The third-order valence-corrected chi connectivity index (χ3v) is 3.60. The summed E-state index contributed by atoms with van der Waals surface area (Å²) < 4.78 is 11.1. The van der Waals surface area contributed by atoms with Crippen molar-refractivity contribution in [3.05, 3.63) is 25.4 Å². The van der Waals surface area contributed by atoms with Crippen LogP contribution in [0.2, 0.25) is 0 Å². The Kier molecular flexibility index (Phi) is 7.16. The molecule has 100 valence electrons. The smallest absolute Gasteiger partial charge is 0.110 e. The van der Waals surface area contributed by atoms with E-state index in [0.29, 0.717) is 0 Å². The van der Waals surface area contributed by atoms with E-state index >= 15 is 0 Å². The van der Waals surface area contributed by atoms with Crippen LogP contribution in [0.25, 0.3) is 0 Å². The predicted octanol–water partition coefficient (Wildman–Crippen LogP) is 2.84. The first-order valence-electron chi connectivity index (χ1n) is 6.13. The summed E-state index contributed by atoms with van der Waals surface area (Å²) in [6.45, 7) is 15.0. The van der Waals surface area contributed by atoms with Gasteiger partial charge in [0.2, 0.25) is 0 Å². The quantitative estimate of drug-likeness (QED) is 0.579. The Hall–Kier alpha value is -0.800. The highest BCUT2D eigenvalue weighted by atomic mass is 16.5. The molecule has 0 heterocycles. The van der Waals surface area contributed by atoms with Gasteiger partial charge in [0.25, 0.3) is 0 Å². The number of nitrogens with zero attached hydrogens (tertiary/aromatic N) is 1. The fraction of sp³-hybridized carbons (Fsp3) is 0.714. The van der Waals surface area contributed by atoms with Crippen molar-refractivity contribution in [2.24, 2.45) is 0 Å². The van der Waals surface area contributed by atoms with E-state index in [-0.39, 0.29) is 17.7 Å². The molecule has 0 radical (unpaired) electrons. The number of hydrogen-bond donors (Lipinski definition) is 0. The van der Waals surface area contributed by atoms with E-state index in [2.05, 4.69) is 38.8 Å². The summed E-state index contributed by atoms with van der Waals surface area (Å²) >= 11 is 0. The molecule has 0 saturated heterocycles. The molecule has 0 aliphatic heterocycles. The first-order chi connectivity index (χ1) is 8.05. The average Bonchev–Trinajstić information content (AvgIpc) is 2.36. The van der Waals surface area contributed by atoms with Crippen LogP contribution in [0.3, 0.4) is 0 Å². The van der Waals surface area contributed by atoms with Crippen molar-refractivity contribution >= 4 is 0 Å². The number of methoxy groups -OCH3 is 2. The molecule has 0 rings (SSSR count). The van der Waals surface area contributed by atoms with Gasteiger partial charge < -0.3 is 14.4 Å².